The van der Waals surface area contributed by atoms with E-state index in [1.807, 2.05) is 18.3 Å². The number of fused-ring (bicyclic) bond motifs is 3. The summed E-state index contributed by atoms with van der Waals surface area (Å²) in [5, 5.41) is 4.63. The van der Waals surface area contributed by atoms with Gasteiger partial charge in [0.25, 0.3) is 0 Å². The molecule has 0 aliphatic carbocycles. The Hall–Kier alpha value is -1.73. The summed E-state index contributed by atoms with van der Waals surface area (Å²) in [6.45, 7) is 3.28. The van der Waals surface area contributed by atoms with Gasteiger partial charge in [-0.15, -0.1) is 0 Å². The summed E-state index contributed by atoms with van der Waals surface area (Å²) >= 11 is 1.65. The normalized spacial score (nSPS) is 29.3. The number of nitrogens with one attached hydrogen (secondary N) is 1. The fourth-order valence-corrected chi connectivity index (χ4v) is 4.37. The molecule has 1 aromatic heterocycles. The number of rotatable bonds is 3. The van der Waals surface area contributed by atoms with Crippen LogP contribution in [0, 0.1) is 5.92 Å². The lowest BCUT2D eigenvalue weighted by Gasteiger charge is -2.44. The third kappa shape index (κ3) is 3.30. The molecular weight excluding hydrogens is 312 g/mol. The minimum atomic E-state index is -0.350. The molecule has 3 fully saturated rings. The van der Waals surface area contributed by atoms with Gasteiger partial charge in [-0.1, -0.05) is 11.8 Å². The van der Waals surface area contributed by atoms with Crippen LogP contribution in [0.2, 0.25) is 0 Å². The Kier molecular flexibility index (Phi) is 4.13. The second kappa shape index (κ2) is 6.41. The highest BCUT2D eigenvalue weighted by Crippen LogP contribution is 2.34. The predicted octanol–water partition coefficient (Wildman–Crippen LogP) is 2.12. The van der Waals surface area contributed by atoms with Gasteiger partial charge in [-0.2, -0.15) is 0 Å². The number of aromatic nitrogens is 1. The second-order valence-electron chi connectivity index (χ2n) is 6.19. The van der Waals surface area contributed by atoms with E-state index in [-0.39, 0.29) is 12.1 Å². The number of thioether (sulfide) groups is 1. The summed E-state index contributed by atoms with van der Waals surface area (Å²) in [6.07, 6.45) is 7.40. The lowest BCUT2D eigenvalue weighted by molar-refractivity contribution is -0.0442. The Bertz CT molecular complexity index is 601. The van der Waals surface area contributed by atoms with E-state index in [2.05, 4.69) is 15.2 Å². The Morgan fingerprint density at radius 2 is 2.09 bits per heavy atom. The lowest BCUT2D eigenvalue weighted by atomic mass is 9.84. The van der Waals surface area contributed by atoms with Crippen LogP contribution in [0.3, 0.4) is 0 Å². The number of piperidine rings is 3. The van der Waals surface area contributed by atoms with Gasteiger partial charge in [0.1, 0.15) is 5.88 Å². The zero-order valence-electron chi connectivity index (χ0n) is 12.9. The highest BCUT2D eigenvalue weighted by atomic mass is 32.2. The van der Waals surface area contributed by atoms with Gasteiger partial charge in [-0.05, 0) is 49.5 Å². The minimum Gasteiger partial charge on any atom is -0.321 e. The van der Waals surface area contributed by atoms with Gasteiger partial charge in [0.15, 0.2) is 0 Å². The summed E-state index contributed by atoms with van der Waals surface area (Å²) in [5.74, 6) is 1.22. The van der Waals surface area contributed by atoms with Gasteiger partial charge >= 0.3 is 6.09 Å². The number of pyridine rings is 1. The van der Waals surface area contributed by atoms with Crippen LogP contribution in [0.15, 0.2) is 30.7 Å². The van der Waals surface area contributed by atoms with Crippen molar-refractivity contribution in [3.05, 3.63) is 36.3 Å². The van der Waals surface area contributed by atoms with Crippen LogP contribution < -0.4 is 5.32 Å². The van der Waals surface area contributed by atoms with Crippen LogP contribution in [0.4, 0.5) is 4.79 Å². The fourth-order valence-electron chi connectivity index (χ4n) is 3.48. The molecule has 7 heteroatoms. The monoisotopic (exact) mass is 332 g/mol. The summed E-state index contributed by atoms with van der Waals surface area (Å²) in [6, 6.07) is 4.13. The first-order valence-corrected chi connectivity index (χ1v) is 8.99. The number of hydroxylamine groups is 2. The molecular formula is C16H20N4O2S. The van der Waals surface area contributed by atoms with Crippen molar-refractivity contribution in [2.24, 2.45) is 5.92 Å². The SMILES string of the molecule is O=C(N[C@H]1CN2CCC1CC2)ON1C=C(c2ccncc2)SC1. The maximum Gasteiger partial charge on any atom is 0.431 e. The van der Waals surface area contributed by atoms with Crippen LogP contribution in [0.25, 0.3) is 4.91 Å². The molecule has 23 heavy (non-hydrogen) atoms. The smallest absolute Gasteiger partial charge is 0.321 e. The molecule has 4 aliphatic rings. The molecule has 0 radical (unpaired) electrons. The molecule has 1 N–H and O–H groups in total. The van der Waals surface area contributed by atoms with Crippen LogP contribution in [-0.4, -0.2) is 52.6 Å². The number of hydrogen-bond donors (Lipinski definition) is 1. The average Bonchev–Trinajstić information content (AvgIpc) is 3.05. The van der Waals surface area contributed by atoms with E-state index >= 15 is 0 Å². The molecule has 0 aromatic carbocycles. The van der Waals surface area contributed by atoms with Gasteiger partial charge < -0.3 is 15.1 Å². The maximum absolute atomic E-state index is 12.1. The van der Waals surface area contributed by atoms with E-state index in [1.165, 1.54) is 25.9 Å². The molecule has 4 aliphatic heterocycles. The standard InChI is InChI=1S/C16H20N4O2S/c21-16(18-14-9-19-7-3-12(14)4-8-19)22-20-10-15(23-11-20)13-1-5-17-6-2-13/h1-2,5-6,10,12,14H,3-4,7-9,11H2,(H,18,21)/t14-/m0/s1. The Morgan fingerprint density at radius 3 is 2.78 bits per heavy atom. The average molecular weight is 332 g/mol. The third-order valence-electron chi connectivity index (χ3n) is 4.73. The number of nitrogens with zero attached hydrogens (tertiary/aromatic N) is 3. The molecule has 0 unspecified atom stereocenters. The quantitative estimate of drug-likeness (QED) is 0.915. The molecule has 2 bridgehead atoms. The Balaban J connectivity index is 1.32. The summed E-state index contributed by atoms with van der Waals surface area (Å²) in [5.41, 5.74) is 1.09. The molecule has 1 amide bonds. The predicted molar refractivity (Wildman–Crippen MR) is 89.1 cm³/mol. The zero-order valence-corrected chi connectivity index (χ0v) is 13.7. The van der Waals surface area contributed by atoms with E-state index in [4.69, 9.17) is 4.84 Å². The molecule has 0 spiro atoms. The van der Waals surface area contributed by atoms with Crippen molar-refractivity contribution in [1.82, 2.24) is 20.3 Å². The lowest BCUT2D eigenvalue weighted by Crippen LogP contribution is -2.57. The van der Waals surface area contributed by atoms with E-state index in [0.29, 0.717) is 11.8 Å². The van der Waals surface area contributed by atoms with Crippen molar-refractivity contribution in [2.45, 2.75) is 18.9 Å². The summed E-state index contributed by atoms with van der Waals surface area (Å²) < 4.78 is 0. The van der Waals surface area contributed by atoms with E-state index in [1.54, 1.807) is 29.2 Å². The van der Waals surface area contributed by atoms with E-state index in [9.17, 15) is 4.79 Å². The molecule has 1 atom stereocenters. The van der Waals surface area contributed by atoms with Crippen LogP contribution in [-0.2, 0) is 4.84 Å². The van der Waals surface area contributed by atoms with Crippen LogP contribution in [0.1, 0.15) is 18.4 Å². The molecule has 6 nitrogen and oxygen atoms in total. The van der Waals surface area contributed by atoms with Gasteiger partial charge in [0.2, 0.25) is 0 Å². The molecule has 3 saturated heterocycles. The van der Waals surface area contributed by atoms with E-state index < -0.39 is 0 Å². The van der Waals surface area contributed by atoms with Crippen molar-refractivity contribution in [1.29, 1.82) is 0 Å². The minimum absolute atomic E-state index is 0.226. The Morgan fingerprint density at radius 1 is 1.30 bits per heavy atom. The molecule has 1 aromatic rings. The third-order valence-corrected chi connectivity index (χ3v) is 5.77. The number of carbonyl (C=O) groups is 1. The van der Waals surface area contributed by atoms with Gasteiger partial charge in [-0.25, -0.2) is 9.86 Å². The molecule has 5 rings (SSSR count). The molecule has 122 valence electrons. The van der Waals surface area contributed by atoms with Gasteiger partial charge in [0.05, 0.1) is 6.20 Å². The first-order valence-electron chi connectivity index (χ1n) is 8.00. The summed E-state index contributed by atoms with van der Waals surface area (Å²) in [4.78, 5) is 25.1. The van der Waals surface area contributed by atoms with Crippen molar-refractivity contribution >= 4 is 22.8 Å². The van der Waals surface area contributed by atoms with Crippen molar-refractivity contribution < 1.29 is 9.63 Å². The largest absolute Gasteiger partial charge is 0.431 e. The first-order chi connectivity index (χ1) is 11.3. The number of carbonyl (C=O) groups excluding carboxylic acids is 1. The highest BCUT2D eigenvalue weighted by Gasteiger charge is 2.35. The zero-order chi connectivity index (χ0) is 15.6. The first kappa shape index (κ1) is 14.8. The molecule has 0 saturated carbocycles. The summed E-state index contributed by atoms with van der Waals surface area (Å²) in [7, 11) is 0. The Labute approximate surface area is 139 Å². The number of hydrogen-bond acceptors (Lipinski definition) is 6. The van der Waals surface area contributed by atoms with Crippen LogP contribution >= 0.6 is 11.8 Å². The van der Waals surface area contributed by atoms with Crippen molar-refractivity contribution in [3.63, 3.8) is 0 Å². The van der Waals surface area contributed by atoms with Gasteiger partial charge in [0, 0.05) is 29.9 Å². The second-order valence-corrected chi connectivity index (χ2v) is 7.17. The van der Waals surface area contributed by atoms with E-state index in [0.717, 1.165) is 17.0 Å². The topological polar surface area (TPSA) is 57.7 Å². The molecule has 5 heterocycles. The highest BCUT2D eigenvalue weighted by molar-refractivity contribution is 8.08. The number of amides is 1. The fraction of sp³-hybridized carbons (Fsp3) is 0.500. The maximum atomic E-state index is 12.1. The van der Waals surface area contributed by atoms with Crippen molar-refractivity contribution in [2.75, 3.05) is 25.5 Å². The van der Waals surface area contributed by atoms with Crippen LogP contribution in [0.5, 0.6) is 0 Å². The van der Waals surface area contributed by atoms with Gasteiger partial charge in [-0.3, -0.25) is 4.98 Å². The van der Waals surface area contributed by atoms with Crippen molar-refractivity contribution in [3.8, 4) is 0 Å².